The number of rotatable bonds is 5. The van der Waals surface area contributed by atoms with Gasteiger partial charge >= 0.3 is 5.69 Å². The van der Waals surface area contributed by atoms with Gasteiger partial charge in [0.2, 0.25) is 0 Å². The molecule has 3 rings (SSSR count). The molecule has 0 bridgehead atoms. The number of nitrogens with zero attached hydrogens (tertiary/aromatic N) is 1. The summed E-state index contributed by atoms with van der Waals surface area (Å²) in [5.41, 5.74) is -0.725. The van der Waals surface area contributed by atoms with Crippen LogP contribution in [0.2, 0.25) is 0 Å². The molecular weight excluding hydrogens is 360 g/mol. The number of methoxy groups -OCH3 is 1. The largest absolute Gasteiger partial charge is 0.383 e. The Morgan fingerprint density at radius 2 is 1.93 bits per heavy atom. The van der Waals surface area contributed by atoms with Crippen molar-refractivity contribution in [1.29, 1.82) is 0 Å². The SMILES string of the molecule is COCCn1c(=O)[nH]c2cc(C(=O)Nc3ccc(F)c(F)c3)ccc2c1=O. The molecule has 0 aliphatic carbocycles. The van der Waals surface area contributed by atoms with Crippen molar-refractivity contribution < 1.29 is 18.3 Å². The molecule has 0 radical (unpaired) electrons. The summed E-state index contributed by atoms with van der Waals surface area (Å²) >= 11 is 0. The minimum absolute atomic E-state index is 0.0717. The van der Waals surface area contributed by atoms with E-state index in [0.29, 0.717) is 0 Å². The maximum Gasteiger partial charge on any atom is 0.328 e. The fourth-order valence-electron chi connectivity index (χ4n) is 2.56. The number of halogens is 2. The van der Waals surface area contributed by atoms with E-state index < -0.39 is 28.8 Å². The lowest BCUT2D eigenvalue weighted by atomic mass is 10.1. The van der Waals surface area contributed by atoms with Gasteiger partial charge < -0.3 is 15.0 Å². The fourth-order valence-corrected chi connectivity index (χ4v) is 2.56. The second-order valence-corrected chi connectivity index (χ2v) is 5.72. The van der Waals surface area contributed by atoms with E-state index in [1.807, 2.05) is 0 Å². The third-order valence-electron chi connectivity index (χ3n) is 3.94. The molecule has 0 unspecified atom stereocenters. The molecule has 0 saturated heterocycles. The van der Waals surface area contributed by atoms with Gasteiger partial charge in [0.1, 0.15) is 0 Å². The van der Waals surface area contributed by atoms with Gasteiger partial charge in [0.25, 0.3) is 11.5 Å². The molecule has 0 saturated carbocycles. The van der Waals surface area contributed by atoms with E-state index in [4.69, 9.17) is 4.74 Å². The minimum atomic E-state index is -1.09. The van der Waals surface area contributed by atoms with Gasteiger partial charge in [-0.1, -0.05) is 0 Å². The van der Waals surface area contributed by atoms with Gasteiger partial charge in [-0.3, -0.25) is 14.2 Å². The van der Waals surface area contributed by atoms with E-state index in [1.54, 1.807) is 0 Å². The fraction of sp³-hybridized carbons (Fsp3) is 0.167. The summed E-state index contributed by atoms with van der Waals surface area (Å²) in [6, 6.07) is 7.12. The molecule has 0 aliphatic rings. The number of aromatic amines is 1. The average molecular weight is 375 g/mol. The lowest BCUT2D eigenvalue weighted by Gasteiger charge is -2.08. The summed E-state index contributed by atoms with van der Waals surface area (Å²) < 4.78 is 32.1. The van der Waals surface area contributed by atoms with Crippen molar-refractivity contribution in [2.75, 3.05) is 19.0 Å². The number of hydrogen-bond acceptors (Lipinski definition) is 4. The quantitative estimate of drug-likeness (QED) is 0.712. The zero-order valence-corrected chi connectivity index (χ0v) is 14.2. The molecule has 0 spiro atoms. The van der Waals surface area contributed by atoms with Crippen LogP contribution in [-0.2, 0) is 11.3 Å². The number of nitrogens with one attached hydrogen (secondary N) is 2. The average Bonchev–Trinajstić information content (AvgIpc) is 2.64. The number of anilines is 1. The number of carbonyl (C=O) groups is 1. The number of benzene rings is 2. The van der Waals surface area contributed by atoms with Crippen LogP contribution in [-0.4, -0.2) is 29.2 Å². The van der Waals surface area contributed by atoms with Crippen molar-refractivity contribution >= 4 is 22.5 Å². The van der Waals surface area contributed by atoms with Gasteiger partial charge in [0, 0.05) is 24.4 Å². The summed E-state index contributed by atoms with van der Waals surface area (Å²) in [4.78, 5) is 39.3. The Morgan fingerprint density at radius 1 is 1.15 bits per heavy atom. The summed E-state index contributed by atoms with van der Waals surface area (Å²) in [6.45, 7) is 0.294. The van der Waals surface area contributed by atoms with Crippen molar-refractivity contribution in [3.05, 3.63) is 74.4 Å². The topological polar surface area (TPSA) is 93.2 Å². The maximum absolute atomic E-state index is 13.2. The van der Waals surface area contributed by atoms with Crippen LogP contribution in [0.15, 0.2) is 46.0 Å². The molecule has 1 amide bonds. The van der Waals surface area contributed by atoms with Gasteiger partial charge in [-0.05, 0) is 30.3 Å². The zero-order chi connectivity index (χ0) is 19.6. The van der Waals surface area contributed by atoms with Gasteiger partial charge in [-0.15, -0.1) is 0 Å². The number of aromatic nitrogens is 2. The van der Waals surface area contributed by atoms with Gasteiger partial charge in [-0.25, -0.2) is 13.6 Å². The normalized spacial score (nSPS) is 10.9. The van der Waals surface area contributed by atoms with Crippen molar-refractivity contribution in [2.24, 2.45) is 0 Å². The lowest BCUT2D eigenvalue weighted by molar-refractivity contribution is 0.102. The standard InChI is InChI=1S/C18H15F2N3O4/c1-27-7-6-23-17(25)12-4-2-10(8-15(12)22-18(23)26)16(24)21-11-3-5-13(19)14(20)9-11/h2-5,8-9H,6-7H2,1H3,(H,21,24)(H,22,26). The lowest BCUT2D eigenvalue weighted by Crippen LogP contribution is -2.36. The smallest absolute Gasteiger partial charge is 0.328 e. The van der Waals surface area contributed by atoms with Crippen LogP contribution in [0.3, 0.4) is 0 Å². The van der Waals surface area contributed by atoms with Crippen molar-refractivity contribution in [1.82, 2.24) is 9.55 Å². The molecule has 1 aromatic heterocycles. The van der Waals surface area contributed by atoms with E-state index in [9.17, 15) is 23.2 Å². The molecule has 9 heteroatoms. The number of H-pyrrole nitrogens is 1. The minimum Gasteiger partial charge on any atom is -0.383 e. The highest BCUT2D eigenvalue weighted by atomic mass is 19.2. The monoisotopic (exact) mass is 375 g/mol. The Morgan fingerprint density at radius 3 is 2.63 bits per heavy atom. The molecule has 7 nitrogen and oxygen atoms in total. The van der Waals surface area contributed by atoms with Gasteiger partial charge in [0.05, 0.1) is 24.1 Å². The van der Waals surface area contributed by atoms with E-state index >= 15 is 0 Å². The molecular formula is C18H15F2N3O4. The second kappa shape index (κ2) is 7.50. The van der Waals surface area contributed by atoms with Crippen LogP contribution < -0.4 is 16.6 Å². The van der Waals surface area contributed by atoms with Gasteiger partial charge in [-0.2, -0.15) is 0 Å². The van der Waals surface area contributed by atoms with Crippen LogP contribution in [0.1, 0.15) is 10.4 Å². The molecule has 27 heavy (non-hydrogen) atoms. The zero-order valence-electron chi connectivity index (χ0n) is 14.2. The molecule has 140 valence electrons. The van der Waals surface area contributed by atoms with Crippen LogP contribution in [0.25, 0.3) is 10.9 Å². The molecule has 0 atom stereocenters. The van der Waals surface area contributed by atoms with Gasteiger partial charge in [0.15, 0.2) is 11.6 Å². The van der Waals surface area contributed by atoms with Crippen LogP contribution in [0.5, 0.6) is 0 Å². The van der Waals surface area contributed by atoms with Crippen molar-refractivity contribution in [3.63, 3.8) is 0 Å². The molecule has 3 aromatic rings. The molecule has 0 fully saturated rings. The summed E-state index contributed by atoms with van der Waals surface area (Å²) in [5, 5.41) is 2.65. The first-order chi connectivity index (χ1) is 12.9. The number of hydrogen-bond donors (Lipinski definition) is 2. The first-order valence-corrected chi connectivity index (χ1v) is 7.93. The van der Waals surface area contributed by atoms with Crippen LogP contribution in [0, 0.1) is 11.6 Å². The molecule has 0 aliphatic heterocycles. The number of ether oxygens (including phenoxy) is 1. The van der Waals surface area contributed by atoms with Crippen molar-refractivity contribution in [3.8, 4) is 0 Å². The number of amides is 1. The Labute approximate surface area is 151 Å². The van der Waals surface area contributed by atoms with Crippen molar-refractivity contribution in [2.45, 2.75) is 6.54 Å². The highest BCUT2D eigenvalue weighted by Gasteiger charge is 2.12. The Kier molecular flexibility index (Phi) is 5.13. The maximum atomic E-state index is 13.2. The third kappa shape index (κ3) is 3.77. The Balaban J connectivity index is 1.94. The van der Waals surface area contributed by atoms with E-state index in [1.165, 1.54) is 31.4 Å². The summed E-state index contributed by atoms with van der Waals surface area (Å²) in [6.07, 6.45) is 0. The van der Waals surface area contributed by atoms with Crippen LogP contribution >= 0.6 is 0 Å². The van der Waals surface area contributed by atoms with E-state index in [2.05, 4.69) is 10.3 Å². The van der Waals surface area contributed by atoms with E-state index in [0.717, 1.165) is 16.7 Å². The predicted octanol–water partition coefficient (Wildman–Crippen LogP) is 1.87. The molecule has 2 aromatic carbocycles. The Bertz CT molecular complexity index is 1140. The molecule has 2 N–H and O–H groups in total. The number of carbonyl (C=O) groups excluding carboxylic acids is 1. The second-order valence-electron chi connectivity index (χ2n) is 5.72. The summed E-state index contributed by atoms with van der Waals surface area (Å²) in [5.74, 6) is -2.72. The Hall–Kier alpha value is -3.33. The third-order valence-corrected chi connectivity index (χ3v) is 3.94. The highest BCUT2D eigenvalue weighted by molar-refractivity contribution is 6.06. The molecule has 1 heterocycles. The summed E-state index contributed by atoms with van der Waals surface area (Å²) in [7, 11) is 1.46. The van der Waals surface area contributed by atoms with E-state index in [-0.39, 0.29) is 35.3 Å². The number of fused-ring (bicyclic) bond motifs is 1. The van der Waals surface area contributed by atoms with Crippen LogP contribution in [0.4, 0.5) is 14.5 Å². The highest BCUT2D eigenvalue weighted by Crippen LogP contribution is 2.15. The first kappa shape index (κ1) is 18.5. The first-order valence-electron chi connectivity index (χ1n) is 7.93. The predicted molar refractivity (Wildman–Crippen MR) is 95.0 cm³/mol.